The number of nitrogens with one attached hydrogen (secondary N) is 1. The maximum Gasteiger partial charge on any atom is 0.255 e. The van der Waals surface area contributed by atoms with Crippen LogP contribution in [0.25, 0.3) is 0 Å². The molecule has 2 rings (SSSR count). The number of anilines is 4. The molecule has 0 radical (unpaired) electrons. The first-order valence-corrected chi connectivity index (χ1v) is 6.28. The van der Waals surface area contributed by atoms with Crippen LogP contribution in [0, 0.1) is 0 Å². The van der Waals surface area contributed by atoms with E-state index in [0.717, 1.165) is 0 Å². The van der Waals surface area contributed by atoms with Gasteiger partial charge in [-0.1, -0.05) is 0 Å². The van der Waals surface area contributed by atoms with Gasteiger partial charge in [-0.15, -0.1) is 0 Å². The van der Waals surface area contributed by atoms with Crippen LogP contribution in [0.4, 0.5) is 22.7 Å². The molecule has 0 saturated heterocycles. The summed E-state index contributed by atoms with van der Waals surface area (Å²) < 4.78 is 0.633. The molecule has 0 aliphatic rings. The van der Waals surface area contributed by atoms with Gasteiger partial charge in [0.1, 0.15) is 0 Å². The van der Waals surface area contributed by atoms with E-state index in [1.54, 1.807) is 36.4 Å². The molecule has 0 bridgehead atoms. The van der Waals surface area contributed by atoms with Crippen molar-refractivity contribution in [2.45, 2.75) is 0 Å². The summed E-state index contributed by atoms with van der Waals surface area (Å²) >= 11 is 3.32. The number of carbonyl (C=O) groups is 1. The van der Waals surface area contributed by atoms with E-state index in [4.69, 9.17) is 17.2 Å². The van der Waals surface area contributed by atoms with E-state index in [2.05, 4.69) is 21.2 Å². The van der Waals surface area contributed by atoms with Crippen LogP contribution in [0.5, 0.6) is 0 Å². The molecule has 0 spiro atoms. The Balaban J connectivity index is 2.26. The quantitative estimate of drug-likeness (QED) is 0.637. The summed E-state index contributed by atoms with van der Waals surface area (Å²) in [7, 11) is 0. The number of hydrogen-bond acceptors (Lipinski definition) is 4. The molecule has 1 amide bonds. The maximum absolute atomic E-state index is 12.1. The summed E-state index contributed by atoms with van der Waals surface area (Å²) in [6.07, 6.45) is 0. The number of nitrogens with two attached hydrogens (primary N) is 3. The fourth-order valence-corrected chi connectivity index (χ4v) is 2.19. The van der Waals surface area contributed by atoms with E-state index in [-0.39, 0.29) is 5.91 Å². The second-order valence-corrected chi connectivity index (χ2v) is 4.90. The molecule has 5 nitrogen and oxygen atoms in total. The lowest BCUT2D eigenvalue weighted by molar-refractivity contribution is 0.102. The lowest BCUT2D eigenvalue weighted by Gasteiger charge is -2.11. The molecule has 2 aromatic rings. The van der Waals surface area contributed by atoms with Gasteiger partial charge in [-0.3, -0.25) is 4.79 Å². The van der Waals surface area contributed by atoms with Crippen molar-refractivity contribution in [2.75, 3.05) is 22.5 Å². The van der Waals surface area contributed by atoms with Gasteiger partial charge in [0.25, 0.3) is 5.91 Å². The fraction of sp³-hybridized carbons (Fsp3) is 0. The molecule has 0 saturated carbocycles. The van der Waals surface area contributed by atoms with Crippen LogP contribution in [0.15, 0.2) is 40.9 Å². The highest BCUT2D eigenvalue weighted by atomic mass is 79.9. The molecule has 6 heteroatoms. The van der Waals surface area contributed by atoms with E-state index < -0.39 is 0 Å². The molecule has 0 aromatic heterocycles. The smallest absolute Gasteiger partial charge is 0.255 e. The van der Waals surface area contributed by atoms with Crippen molar-refractivity contribution < 1.29 is 4.79 Å². The zero-order valence-corrected chi connectivity index (χ0v) is 11.6. The largest absolute Gasteiger partial charge is 0.399 e. The van der Waals surface area contributed by atoms with Crippen molar-refractivity contribution in [3.05, 3.63) is 46.4 Å². The topological polar surface area (TPSA) is 107 Å². The van der Waals surface area contributed by atoms with E-state index >= 15 is 0 Å². The van der Waals surface area contributed by atoms with E-state index in [0.29, 0.717) is 32.8 Å². The van der Waals surface area contributed by atoms with Gasteiger partial charge in [0.05, 0.1) is 11.4 Å². The third-order valence-corrected chi connectivity index (χ3v) is 3.18. The number of hydrogen-bond donors (Lipinski definition) is 4. The number of benzene rings is 2. The van der Waals surface area contributed by atoms with Crippen molar-refractivity contribution in [3.63, 3.8) is 0 Å². The van der Waals surface area contributed by atoms with Crippen LogP contribution in [0.3, 0.4) is 0 Å². The Morgan fingerprint density at radius 2 is 1.63 bits per heavy atom. The SMILES string of the molecule is Nc1ccc(C(=O)Nc2c(N)cc(N)cc2Br)cc1. The summed E-state index contributed by atoms with van der Waals surface area (Å²) in [6.45, 7) is 0. The maximum atomic E-state index is 12.1. The van der Waals surface area contributed by atoms with Gasteiger partial charge in [0.2, 0.25) is 0 Å². The van der Waals surface area contributed by atoms with Gasteiger partial charge in [-0.25, -0.2) is 0 Å². The highest BCUT2D eigenvalue weighted by Gasteiger charge is 2.11. The Hall–Kier alpha value is -2.21. The first-order valence-electron chi connectivity index (χ1n) is 5.49. The van der Waals surface area contributed by atoms with Crippen molar-refractivity contribution in [2.24, 2.45) is 0 Å². The predicted octanol–water partition coefficient (Wildman–Crippen LogP) is 2.45. The minimum atomic E-state index is -0.267. The van der Waals surface area contributed by atoms with Crippen LogP contribution < -0.4 is 22.5 Å². The molecule has 0 fully saturated rings. The van der Waals surface area contributed by atoms with Gasteiger partial charge >= 0.3 is 0 Å². The zero-order chi connectivity index (χ0) is 14.0. The molecule has 0 heterocycles. The third kappa shape index (κ3) is 2.97. The molecule has 0 unspecified atom stereocenters. The van der Waals surface area contributed by atoms with Gasteiger partial charge in [0, 0.05) is 21.4 Å². The van der Waals surface area contributed by atoms with Gasteiger partial charge in [-0.2, -0.15) is 0 Å². The van der Waals surface area contributed by atoms with Gasteiger partial charge in [0.15, 0.2) is 0 Å². The summed E-state index contributed by atoms with van der Waals surface area (Å²) in [5.74, 6) is -0.267. The van der Waals surface area contributed by atoms with Crippen molar-refractivity contribution >= 4 is 44.6 Å². The molecule has 0 atom stereocenters. The summed E-state index contributed by atoms with van der Waals surface area (Å²) in [6, 6.07) is 9.88. The first kappa shape index (κ1) is 13.2. The minimum Gasteiger partial charge on any atom is -0.399 e. The average Bonchev–Trinajstić information content (AvgIpc) is 2.34. The Morgan fingerprint density at radius 3 is 2.21 bits per heavy atom. The monoisotopic (exact) mass is 320 g/mol. The van der Waals surface area contributed by atoms with Crippen molar-refractivity contribution in [3.8, 4) is 0 Å². The number of rotatable bonds is 2. The molecule has 0 aliphatic heterocycles. The lowest BCUT2D eigenvalue weighted by Crippen LogP contribution is -2.14. The van der Waals surface area contributed by atoms with Gasteiger partial charge in [-0.05, 0) is 52.3 Å². The molecule has 7 N–H and O–H groups in total. The Morgan fingerprint density at radius 1 is 1.00 bits per heavy atom. The van der Waals surface area contributed by atoms with Crippen LogP contribution in [0.2, 0.25) is 0 Å². The number of amides is 1. The average molecular weight is 321 g/mol. The van der Waals surface area contributed by atoms with Crippen molar-refractivity contribution in [1.29, 1.82) is 0 Å². The Labute approximate surface area is 118 Å². The number of carbonyl (C=O) groups excluding carboxylic acids is 1. The van der Waals surface area contributed by atoms with E-state index in [1.165, 1.54) is 0 Å². The fourth-order valence-electron chi connectivity index (χ4n) is 1.60. The van der Waals surface area contributed by atoms with E-state index in [1.807, 2.05) is 0 Å². The van der Waals surface area contributed by atoms with Crippen LogP contribution in [-0.2, 0) is 0 Å². The highest BCUT2D eigenvalue weighted by molar-refractivity contribution is 9.10. The summed E-state index contributed by atoms with van der Waals surface area (Å²) in [5, 5.41) is 2.73. The summed E-state index contributed by atoms with van der Waals surface area (Å²) in [4.78, 5) is 12.1. The first-order chi connectivity index (χ1) is 8.97. The Bertz CT molecular complexity index is 602. The molecular weight excluding hydrogens is 308 g/mol. The molecule has 19 heavy (non-hydrogen) atoms. The lowest BCUT2D eigenvalue weighted by atomic mass is 10.2. The Kier molecular flexibility index (Phi) is 3.62. The molecule has 2 aromatic carbocycles. The minimum absolute atomic E-state index is 0.267. The van der Waals surface area contributed by atoms with Crippen LogP contribution in [-0.4, -0.2) is 5.91 Å². The standard InChI is InChI=1S/C13H13BrN4O/c14-10-5-9(16)6-11(17)12(10)18-13(19)7-1-3-8(15)4-2-7/h1-6H,15-17H2,(H,18,19). The van der Waals surface area contributed by atoms with Crippen LogP contribution >= 0.6 is 15.9 Å². The summed E-state index contributed by atoms with van der Waals surface area (Å²) in [5.41, 5.74) is 19.6. The number of halogens is 1. The molecule has 0 aliphatic carbocycles. The van der Waals surface area contributed by atoms with Crippen molar-refractivity contribution in [1.82, 2.24) is 0 Å². The predicted molar refractivity (Wildman–Crippen MR) is 81.8 cm³/mol. The van der Waals surface area contributed by atoms with Crippen LogP contribution in [0.1, 0.15) is 10.4 Å². The second kappa shape index (κ2) is 5.19. The highest BCUT2D eigenvalue weighted by Crippen LogP contribution is 2.31. The zero-order valence-electron chi connectivity index (χ0n) is 9.98. The molecule has 98 valence electrons. The second-order valence-electron chi connectivity index (χ2n) is 4.04. The van der Waals surface area contributed by atoms with Gasteiger partial charge < -0.3 is 22.5 Å². The third-order valence-electron chi connectivity index (χ3n) is 2.55. The number of nitrogen functional groups attached to an aromatic ring is 3. The van der Waals surface area contributed by atoms with E-state index in [9.17, 15) is 4.79 Å². The molecular formula is C13H13BrN4O. The normalized spacial score (nSPS) is 10.2.